The molecule has 0 aliphatic rings. The summed E-state index contributed by atoms with van der Waals surface area (Å²) in [6.07, 6.45) is 0.385. The minimum atomic E-state index is -1.15. The van der Waals surface area contributed by atoms with Crippen LogP contribution in [0.1, 0.15) is 26.7 Å². The summed E-state index contributed by atoms with van der Waals surface area (Å²) in [5, 5.41) is 8.49. The van der Waals surface area contributed by atoms with Gasteiger partial charge in [0.2, 0.25) is 0 Å². The monoisotopic (exact) mass is 154 g/mol. The molecule has 0 spiro atoms. The molecule has 58 valence electrons. The highest BCUT2D eigenvalue weighted by atomic mass is 16.4. The molecule has 0 saturated heterocycles. The molecule has 4 nitrogen and oxygen atoms in total. The van der Waals surface area contributed by atoms with Crippen molar-refractivity contribution in [1.82, 2.24) is 0 Å². The normalized spacial score (nSPS) is 9.55. The third kappa shape index (κ3) is 1.29. The summed E-state index contributed by atoms with van der Waals surface area (Å²) in [4.78, 5) is 20.6. The van der Waals surface area contributed by atoms with Crippen LogP contribution in [0.2, 0.25) is 0 Å². The molecule has 1 rings (SSSR count). The highest BCUT2D eigenvalue weighted by Crippen LogP contribution is 2.12. The lowest BCUT2D eigenvalue weighted by Gasteiger charge is -1.84. The van der Waals surface area contributed by atoms with E-state index in [0.717, 1.165) is 0 Å². The molecule has 11 heavy (non-hydrogen) atoms. The molecule has 1 aromatic heterocycles. The maximum atomic E-state index is 10.4. The fourth-order valence-corrected chi connectivity index (χ4v) is 0.787. The van der Waals surface area contributed by atoms with Crippen molar-refractivity contribution in [3.05, 3.63) is 23.2 Å². The van der Waals surface area contributed by atoms with Crippen LogP contribution in [0.25, 0.3) is 0 Å². The zero-order chi connectivity index (χ0) is 8.43. The number of aryl methyl sites for hydroxylation is 1. The minimum absolute atomic E-state index is 0.0856. The lowest BCUT2D eigenvalue weighted by Crippen LogP contribution is -1.97. The molecule has 1 aromatic rings. The third-order valence-corrected chi connectivity index (χ3v) is 1.22. The summed E-state index contributed by atoms with van der Waals surface area (Å²) in [6, 6.07) is 1.31. The lowest BCUT2D eigenvalue weighted by atomic mass is 10.2. The molecule has 0 aliphatic carbocycles. The van der Waals surface area contributed by atoms with E-state index in [1.807, 2.05) is 0 Å². The summed E-state index contributed by atoms with van der Waals surface area (Å²) in [7, 11) is 0. The zero-order valence-corrected chi connectivity index (χ0v) is 5.83. The zero-order valence-electron chi connectivity index (χ0n) is 5.83. The minimum Gasteiger partial charge on any atom is -0.478 e. The number of carbonyl (C=O) groups is 2. The first-order valence-electron chi connectivity index (χ1n) is 2.94. The number of hydrogen-bond acceptors (Lipinski definition) is 3. The van der Waals surface area contributed by atoms with Crippen molar-refractivity contribution < 1.29 is 19.1 Å². The fourth-order valence-electron chi connectivity index (χ4n) is 0.787. The first-order chi connectivity index (χ1) is 5.15. The van der Waals surface area contributed by atoms with Gasteiger partial charge in [-0.15, -0.1) is 0 Å². The Morgan fingerprint density at radius 3 is 2.73 bits per heavy atom. The SMILES string of the molecule is Cc1cc(C(=O)O)c(C=O)o1. The number of rotatable bonds is 2. The van der Waals surface area contributed by atoms with Gasteiger partial charge in [-0.2, -0.15) is 0 Å². The van der Waals surface area contributed by atoms with Crippen molar-refractivity contribution in [2.45, 2.75) is 6.92 Å². The van der Waals surface area contributed by atoms with Crippen LogP contribution in [-0.4, -0.2) is 17.4 Å². The van der Waals surface area contributed by atoms with Gasteiger partial charge in [0.15, 0.2) is 12.0 Å². The molecule has 0 fully saturated rings. The van der Waals surface area contributed by atoms with Crippen molar-refractivity contribution in [1.29, 1.82) is 0 Å². The Morgan fingerprint density at radius 1 is 1.73 bits per heavy atom. The van der Waals surface area contributed by atoms with Crippen molar-refractivity contribution in [3.8, 4) is 0 Å². The Hall–Kier alpha value is -1.58. The van der Waals surface area contributed by atoms with Crippen molar-refractivity contribution >= 4 is 12.3 Å². The van der Waals surface area contributed by atoms with Gasteiger partial charge in [-0.05, 0) is 13.0 Å². The van der Waals surface area contributed by atoms with Crippen molar-refractivity contribution in [2.75, 3.05) is 0 Å². The third-order valence-electron chi connectivity index (χ3n) is 1.22. The highest BCUT2D eigenvalue weighted by Gasteiger charge is 2.13. The van der Waals surface area contributed by atoms with Crippen LogP contribution in [-0.2, 0) is 0 Å². The van der Waals surface area contributed by atoms with Gasteiger partial charge in [0.1, 0.15) is 11.3 Å². The number of aldehydes is 1. The first-order valence-corrected chi connectivity index (χ1v) is 2.94. The Morgan fingerprint density at radius 2 is 2.36 bits per heavy atom. The molecule has 0 unspecified atom stereocenters. The Balaban J connectivity index is 3.22. The van der Waals surface area contributed by atoms with E-state index in [-0.39, 0.29) is 11.3 Å². The smallest absolute Gasteiger partial charge is 0.339 e. The van der Waals surface area contributed by atoms with E-state index in [1.54, 1.807) is 6.92 Å². The average Bonchev–Trinajstić information content (AvgIpc) is 2.30. The van der Waals surface area contributed by atoms with Gasteiger partial charge in [0, 0.05) is 0 Å². The fraction of sp³-hybridized carbons (Fsp3) is 0.143. The number of hydrogen-bond donors (Lipinski definition) is 1. The van der Waals surface area contributed by atoms with E-state index in [0.29, 0.717) is 12.0 Å². The van der Waals surface area contributed by atoms with Gasteiger partial charge >= 0.3 is 5.97 Å². The molecule has 4 heteroatoms. The number of carboxylic acids is 1. The molecular weight excluding hydrogens is 148 g/mol. The molecule has 0 atom stereocenters. The van der Waals surface area contributed by atoms with Gasteiger partial charge in [-0.25, -0.2) is 4.79 Å². The van der Waals surface area contributed by atoms with Crippen LogP contribution >= 0.6 is 0 Å². The summed E-state index contributed by atoms with van der Waals surface area (Å²) in [5.74, 6) is -0.858. The van der Waals surface area contributed by atoms with Gasteiger partial charge in [-0.1, -0.05) is 0 Å². The van der Waals surface area contributed by atoms with Gasteiger partial charge in [0.05, 0.1) is 0 Å². The van der Waals surface area contributed by atoms with E-state index in [4.69, 9.17) is 9.52 Å². The quantitative estimate of drug-likeness (QED) is 0.647. The predicted molar refractivity (Wildman–Crippen MR) is 35.8 cm³/mol. The molecule has 0 aromatic carbocycles. The number of carboxylic acid groups (broad SMARTS) is 1. The van der Waals surface area contributed by atoms with E-state index in [2.05, 4.69) is 0 Å². The Kier molecular flexibility index (Phi) is 1.76. The number of furan rings is 1. The van der Waals surface area contributed by atoms with E-state index in [1.165, 1.54) is 6.07 Å². The van der Waals surface area contributed by atoms with E-state index < -0.39 is 5.97 Å². The largest absolute Gasteiger partial charge is 0.478 e. The molecule has 1 N–H and O–H groups in total. The maximum absolute atomic E-state index is 10.4. The van der Waals surface area contributed by atoms with Crippen molar-refractivity contribution in [3.63, 3.8) is 0 Å². The summed E-state index contributed by atoms with van der Waals surface area (Å²) >= 11 is 0. The average molecular weight is 154 g/mol. The van der Waals surface area contributed by atoms with Crippen LogP contribution in [0, 0.1) is 6.92 Å². The Labute approximate surface area is 62.4 Å². The predicted octanol–water partition coefficient (Wildman–Crippen LogP) is 1.10. The molecule has 0 aliphatic heterocycles. The van der Waals surface area contributed by atoms with Crippen LogP contribution in [0.3, 0.4) is 0 Å². The summed E-state index contributed by atoms with van der Waals surface area (Å²) < 4.78 is 4.78. The highest BCUT2D eigenvalue weighted by molar-refractivity contribution is 5.95. The molecule has 0 saturated carbocycles. The van der Waals surface area contributed by atoms with Gasteiger partial charge in [-0.3, -0.25) is 4.79 Å². The molecule has 0 amide bonds. The van der Waals surface area contributed by atoms with E-state index in [9.17, 15) is 9.59 Å². The Bertz CT molecular complexity index is 297. The second-order valence-corrected chi connectivity index (χ2v) is 2.06. The standard InChI is InChI=1S/C7H6O4/c1-4-2-5(7(9)10)6(3-8)11-4/h2-3H,1H3,(H,9,10). The molecule has 0 bridgehead atoms. The second-order valence-electron chi connectivity index (χ2n) is 2.06. The van der Waals surface area contributed by atoms with Gasteiger partial charge < -0.3 is 9.52 Å². The molecule has 0 radical (unpaired) electrons. The van der Waals surface area contributed by atoms with E-state index >= 15 is 0 Å². The second kappa shape index (κ2) is 2.57. The topological polar surface area (TPSA) is 67.5 Å². The molecular formula is C7H6O4. The number of aromatic carboxylic acids is 1. The molecule has 1 heterocycles. The lowest BCUT2D eigenvalue weighted by molar-refractivity contribution is 0.0692. The maximum Gasteiger partial charge on any atom is 0.339 e. The van der Waals surface area contributed by atoms with Crippen LogP contribution in [0.4, 0.5) is 0 Å². The van der Waals surface area contributed by atoms with Crippen LogP contribution in [0.5, 0.6) is 0 Å². The number of carbonyl (C=O) groups excluding carboxylic acids is 1. The van der Waals surface area contributed by atoms with Crippen LogP contribution < -0.4 is 0 Å². The first kappa shape index (κ1) is 7.53. The van der Waals surface area contributed by atoms with Gasteiger partial charge in [0.25, 0.3) is 0 Å². The summed E-state index contributed by atoms with van der Waals surface area (Å²) in [6.45, 7) is 1.58. The van der Waals surface area contributed by atoms with Crippen molar-refractivity contribution in [2.24, 2.45) is 0 Å². The van der Waals surface area contributed by atoms with Crippen LogP contribution in [0.15, 0.2) is 10.5 Å². The summed E-state index contributed by atoms with van der Waals surface area (Å²) in [5.41, 5.74) is -0.0856.